The summed E-state index contributed by atoms with van der Waals surface area (Å²) in [7, 11) is 0. The molecule has 1 heterocycles. The number of hydrogen-bond acceptors (Lipinski definition) is 5. The molecular formula is C8H15NO4. The van der Waals surface area contributed by atoms with E-state index in [1.165, 1.54) is 6.08 Å². The molecule has 0 bridgehead atoms. The van der Waals surface area contributed by atoms with E-state index < -0.39 is 24.4 Å². The molecule has 1 rings (SSSR count). The third kappa shape index (κ3) is 2.49. The molecule has 0 radical (unpaired) electrons. The van der Waals surface area contributed by atoms with Gasteiger partial charge in [0.25, 0.3) is 0 Å². The molecule has 5 heteroatoms. The Kier molecular flexibility index (Phi) is 3.83. The Morgan fingerprint density at radius 2 is 1.92 bits per heavy atom. The van der Waals surface area contributed by atoms with Crippen LogP contribution in [0.4, 0.5) is 0 Å². The Labute approximate surface area is 76.3 Å². The average molecular weight is 189 g/mol. The Morgan fingerprint density at radius 1 is 1.23 bits per heavy atom. The maximum Gasteiger partial charge on any atom is 0.111 e. The van der Waals surface area contributed by atoms with Crippen LogP contribution < -0.4 is 5.32 Å². The van der Waals surface area contributed by atoms with Crippen LogP contribution in [0.5, 0.6) is 0 Å². The van der Waals surface area contributed by atoms with E-state index >= 15 is 0 Å². The standard InChI is InChI=1S/C8H15NO4/c10-4-5-7(12)8(13)6(11)2-1-3-9-5/h1-2,5-13H,3-4H2/b2-1-/t5?,6-,7+,8+/m0/s1. The van der Waals surface area contributed by atoms with Gasteiger partial charge in [0, 0.05) is 6.54 Å². The van der Waals surface area contributed by atoms with Gasteiger partial charge in [-0.1, -0.05) is 12.2 Å². The lowest BCUT2D eigenvalue weighted by molar-refractivity contribution is -0.0641. The van der Waals surface area contributed by atoms with E-state index in [1.807, 2.05) is 0 Å². The van der Waals surface area contributed by atoms with Gasteiger partial charge in [-0.2, -0.15) is 0 Å². The monoisotopic (exact) mass is 189 g/mol. The maximum atomic E-state index is 9.45. The van der Waals surface area contributed by atoms with E-state index in [4.69, 9.17) is 5.11 Å². The molecule has 4 atom stereocenters. The zero-order valence-electron chi connectivity index (χ0n) is 7.17. The van der Waals surface area contributed by atoms with Crippen LogP contribution in [0.15, 0.2) is 12.2 Å². The van der Waals surface area contributed by atoms with Gasteiger partial charge in [0.2, 0.25) is 0 Å². The third-order valence-electron chi connectivity index (χ3n) is 2.14. The van der Waals surface area contributed by atoms with Gasteiger partial charge < -0.3 is 25.7 Å². The van der Waals surface area contributed by atoms with Gasteiger partial charge in [-0.3, -0.25) is 0 Å². The van der Waals surface area contributed by atoms with Crippen LogP contribution in [0.3, 0.4) is 0 Å². The molecule has 5 nitrogen and oxygen atoms in total. The molecule has 1 aliphatic heterocycles. The highest BCUT2D eigenvalue weighted by molar-refractivity contribution is 5.01. The van der Waals surface area contributed by atoms with Crippen molar-refractivity contribution in [2.24, 2.45) is 0 Å². The van der Waals surface area contributed by atoms with Crippen molar-refractivity contribution in [2.75, 3.05) is 13.2 Å². The van der Waals surface area contributed by atoms with Gasteiger partial charge in [-0.15, -0.1) is 0 Å². The Balaban J connectivity index is 2.69. The fourth-order valence-electron chi connectivity index (χ4n) is 1.27. The minimum atomic E-state index is -1.26. The van der Waals surface area contributed by atoms with Crippen molar-refractivity contribution >= 4 is 0 Å². The van der Waals surface area contributed by atoms with Gasteiger partial charge in [0.15, 0.2) is 0 Å². The van der Waals surface area contributed by atoms with E-state index in [1.54, 1.807) is 6.08 Å². The second kappa shape index (κ2) is 4.69. The summed E-state index contributed by atoms with van der Waals surface area (Å²) in [5.74, 6) is 0. The highest BCUT2D eigenvalue weighted by Crippen LogP contribution is 2.08. The molecule has 0 aromatic heterocycles. The zero-order chi connectivity index (χ0) is 9.84. The van der Waals surface area contributed by atoms with Crippen molar-refractivity contribution in [1.82, 2.24) is 5.32 Å². The number of aliphatic hydroxyl groups excluding tert-OH is 4. The van der Waals surface area contributed by atoms with Gasteiger partial charge in [-0.05, 0) is 0 Å². The summed E-state index contributed by atoms with van der Waals surface area (Å²) in [4.78, 5) is 0. The zero-order valence-corrected chi connectivity index (χ0v) is 7.17. The first-order valence-corrected chi connectivity index (χ1v) is 4.22. The fraction of sp³-hybridized carbons (Fsp3) is 0.750. The molecule has 0 amide bonds. The number of nitrogens with one attached hydrogen (secondary N) is 1. The smallest absolute Gasteiger partial charge is 0.111 e. The molecule has 76 valence electrons. The summed E-state index contributed by atoms with van der Waals surface area (Å²) in [5, 5.41) is 39.7. The van der Waals surface area contributed by atoms with Crippen LogP contribution in [0.2, 0.25) is 0 Å². The van der Waals surface area contributed by atoms with Gasteiger partial charge in [0.1, 0.15) is 18.3 Å². The summed E-state index contributed by atoms with van der Waals surface area (Å²) < 4.78 is 0. The molecule has 5 N–H and O–H groups in total. The highest BCUT2D eigenvalue weighted by Gasteiger charge is 2.30. The van der Waals surface area contributed by atoms with E-state index in [2.05, 4.69) is 5.32 Å². The SMILES string of the molecule is OCC1NC/C=C\[C@H](O)[C@@H](O)[C@@H]1O. The molecule has 0 aromatic carbocycles. The normalized spacial score (nSPS) is 43.7. The van der Waals surface area contributed by atoms with Crippen LogP contribution in [-0.2, 0) is 0 Å². The van der Waals surface area contributed by atoms with Crippen LogP contribution >= 0.6 is 0 Å². The summed E-state index contributed by atoms with van der Waals surface area (Å²) in [6.07, 6.45) is -0.450. The summed E-state index contributed by atoms with van der Waals surface area (Å²) in [6, 6.07) is -0.602. The first kappa shape index (κ1) is 10.6. The van der Waals surface area contributed by atoms with E-state index in [9.17, 15) is 15.3 Å². The molecule has 0 aliphatic carbocycles. The second-order valence-corrected chi connectivity index (χ2v) is 3.10. The van der Waals surface area contributed by atoms with Gasteiger partial charge in [0.05, 0.1) is 12.6 Å². The predicted octanol–water partition coefficient (Wildman–Crippen LogP) is -2.41. The Hall–Kier alpha value is -0.460. The summed E-state index contributed by atoms with van der Waals surface area (Å²) in [6.45, 7) is 0.171. The van der Waals surface area contributed by atoms with Gasteiger partial charge >= 0.3 is 0 Å². The first-order chi connectivity index (χ1) is 6.16. The topological polar surface area (TPSA) is 93.0 Å². The van der Waals surface area contributed by atoms with Crippen molar-refractivity contribution < 1.29 is 20.4 Å². The highest BCUT2D eigenvalue weighted by atomic mass is 16.4. The van der Waals surface area contributed by atoms with Crippen molar-refractivity contribution in [2.45, 2.75) is 24.4 Å². The Morgan fingerprint density at radius 3 is 2.54 bits per heavy atom. The lowest BCUT2D eigenvalue weighted by atomic mass is 9.99. The molecule has 1 aliphatic rings. The fourth-order valence-corrected chi connectivity index (χ4v) is 1.27. The molecule has 0 saturated heterocycles. The van der Waals surface area contributed by atoms with Gasteiger partial charge in [-0.25, -0.2) is 0 Å². The average Bonchev–Trinajstić information content (AvgIpc) is 2.14. The molecule has 1 unspecified atom stereocenters. The Bertz CT molecular complexity index is 185. The molecule has 0 fully saturated rings. The van der Waals surface area contributed by atoms with Crippen LogP contribution in [-0.4, -0.2) is 57.9 Å². The largest absolute Gasteiger partial charge is 0.395 e. The predicted molar refractivity (Wildman–Crippen MR) is 46.0 cm³/mol. The van der Waals surface area contributed by atoms with Crippen molar-refractivity contribution in [3.8, 4) is 0 Å². The third-order valence-corrected chi connectivity index (χ3v) is 2.14. The quantitative estimate of drug-likeness (QED) is 0.296. The molecule has 0 saturated carbocycles. The van der Waals surface area contributed by atoms with E-state index in [0.29, 0.717) is 6.54 Å². The van der Waals surface area contributed by atoms with Crippen LogP contribution in [0.25, 0.3) is 0 Å². The van der Waals surface area contributed by atoms with Crippen LogP contribution in [0.1, 0.15) is 0 Å². The lowest BCUT2D eigenvalue weighted by Crippen LogP contribution is -2.52. The first-order valence-electron chi connectivity index (χ1n) is 4.22. The minimum absolute atomic E-state index is 0.279. The molecular weight excluding hydrogens is 174 g/mol. The van der Waals surface area contributed by atoms with Crippen molar-refractivity contribution in [3.63, 3.8) is 0 Å². The lowest BCUT2D eigenvalue weighted by Gasteiger charge is -2.29. The molecule has 13 heavy (non-hydrogen) atoms. The maximum absolute atomic E-state index is 9.45. The number of rotatable bonds is 1. The number of hydrogen-bond donors (Lipinski definition) is 5. The summed E-state index contributed by atoms with van der Waals surface area (Å²) in [5.41, 5.74) is 0. The molecule has 0 aromatic rings. The summed E-state index contributed by atoms with van der Waals surface area (Å²) >= 11 is 0. The minimum Gasteiger partial charge on any atom is -0.395 e. The van der Waals surface area contributed by atoms with Crippen molar-refractivity contribution in [1.29, 1.82) is 0 Å². The van der Waals surface area contributed by atoms with Crippen LogP contribution in [0, 0.1) is 0 Å². The van der Waals surface area contributed by atoms with E-state index in [-0.39, 0.29) is 6.61 Å². The molecule has 0 spiro atoms. The van der Waals surface area contributed by atoms with Crippen molar-refractivity contribution in [3.05, 3.63) is 12.2 Å². The number of aliphatic hydroxyl groups is 4. The van der Waals surface area contributed by atoms with E-state index in [0.717, 1.165) is 0 Å². The second-order valence-electron chi connectivity index (χ2n) is 3.10.